The van der Waals surface area contributed by atoms with Gasteiger partial charge in [-0.25, -0.2) is 0 Å². The van der Waals surface area contributed by atoms with Crippen molar-refractivity contribution in [3.05, 3.63) is 0 Å². The Hall–Kier alpha value is -0.610. The van der Waals surface area contributed by atoms with Crippen LogP contribution in [-0.4, -0.2) is 33.5 Å². The van der Waals surface area contributed by atoms with E-state index in [9.17, 15) is 20.1 Å². The number of aliphatic carboxylic acids is 1. The van der Waals surface area contributed by atoms with Crippen LogP contribution in [0.2, 0.25) is 0 Å². The minimum atomic E-state index is -1.46. The van der Waals surface area contributed by atoms with Gasteiger partial charge in [-0.15, -0.1) is 0 Å². The standard InChI is InChI=1S/C15H30O4/c1-4-6-8-10-12(16)15(3,14(18)19)13(17)11-9-7-5-2/h12-13,16-17H,4-11H2,1-3H3,(H,18,19). The van der Waals surface area contributed by atoms with Gasteiger partial charge in [0.15, 0.2) is 0 Å². The monoisotopic (exact) mass is 274 g/mol. The molecule has 0 rings (SSSR count). The highest BCUT2D eigenvalue weighted by atomic mass is 16.4. The van der Waals surface area contributed by atoms with Gasteiger partial charge in [0.1, 0.15) is 5.41 Å². The maximum absolute atomic E-state index is 11.4. The molecule has 19 heavy (non-hydrogen) atoms. The molecule has 0 aromatic heterocycles. The molecule has 0 saturated carbocycles. The van der Waals surface area contributed by atoms with Crippen molar-refractivity contribution in [1.82, 2.24) is 0 Å². The number of carboxylic acids is 1. The van der Waals surface area contributed by atoms with Crippen molar-refractivity contribution in [2.75, 3.05) is 0 Å². The summed E-state index contributed by atoms with van der Waals surface area (Å²) in [5.41, 5.74) is -1.46. The number of hydrogen-bond acceptors (Lipinski definition) is 3. The Labute approximate surface area is 116 Å². The van der Waals surface area contributed by atoms with E-state index in [1.807, 2.05) is 0 Å². The molecule has 0 spiro atoms. The average molecular weight is 274 g/mol. The van der Waals surface area contributed by atoms with Crippen molar-refractivity contribution in [3.63, 3.8) is 0 Å². The molecule has 0 radical (unpaired) electrons. The second-order valence-corrected chi connectivity index (χ2v) is 5.61. The Bertz CT molecular complexity index is 237. The zero-order valence-electron chi connectivity index (χ0n) is 12.6. The van der Waals surface area contributed by atoms with Crippen LogP contribution in [0.5, 0.6) is 0 Å². The van der Waals surface area contributed by atoms with Crippen molar-refractivity contribution in [2.45, 2.75) is 84.3 Å². The van der Waals surface area contributed by atoms with Crippen LogP contribution in [-0.2, 0) is 4.79 Å². The fourth-order valence-corrected chi connectivity index (χ4v) is 2.28. The van der Waals surface area contributed by atoms with E-state index < -0.39 is 23.6 Å². The number of carbonyl (C=O) groups is 1. The summed E-state index contributed by atoms with van der Waals surface area (Å²) in [6.07, 6.45) is 4.46. The molecule has 2 atom stereocenters. The molecule has 0 fully saturated rings. The van der Waals surface area contributed by atoms with Crippen LogP contribution in [0, 0.1) is 5.41 Å². The predicted molar refractivity (Wildman–Crippen MR) is 76.0 cm³/mol. The Kier molecular flexibility index (Phi) is 9.02. The van der Waals surface area contributed by atoms with E-state index in [1.54, 1.807) is 0 Å². The lowest BCUT2D eigenvalue weighted by Gasteiger charge is -2.35. The number of rotatable bonds is 11. The zero-order valence-corrected chi connectivity index (χ0v) is 12.6. The fourth-order valence-electron chi connectivity index (χ4n) is 2.28. The molecule has 0 heterocycles. The molecular formula is C15H30O4. The van der Waals surface area contributed by atoms with E-state index in [2.05, 4.69) is 13.8 Å². The molecular weight excluding hydrogens is 244 g/mol. The van der Waals surface area contributed by atoms with Gasteiger partial charge in [-0.2, -0.15) is 0 Å². The summed E-state index contributed by atoms with van der Waals surface area (Å²) in [7, 11) is 0. The summed E-state index contributed by atoms with van der Waals surface area (Å²) in [6.45, 7) is 5.58. The summed E-state index contributed by atoms with van der Waals surface area (Å²) in [6, 6.07) is 0. The predicted octanol–water partition coefficient (Wildman–Crippen LogP) is 2.96. The normalized spacial score (nSPS) is 17.7. The number of unbranched alkanes of at least 4 members (excludes halogenated alkanes) is 4. The second-order valence-electron chi connectivity index (χ2n) is 5.61. The average Bonchev–Trinajstić information content (AvgIpc) is 2.37. The molecule has 0 aliphatic heterocycles. The minimum Gasteiger partial charge on any atom is -0.481 e. The molecule has 0 bridgehead atoms. The molecule has 0 saturated heterocycles. The first kappa shape index (κ1) is 18.4. The molecule has 0 amide bonds. The first-order valence-corrected chi connectivity index (χ1v) is 7.50. The molecule has 0 aromatic carbocycles. The summed E-state index contributed by atoms with van der Waals surface area (Å²) >= 11 is 0. The highest BCUT2D eigenvalue weighted by molar-refractivity contribution is 5.75. The summed E-state index contributed by atoms with van der Waals surface area (Å²) in [5.74, 6) is -1.11. The van der Waals surface area contributed by atoms with Crippen LogP contribution in [0.25, 0.3) is 0 Å². The third kappa shape index (κ3) is 5.49. The van der Waals surface area contributed by atoms with Gasteiger partial charge in [-0.3, -0.25) is 4.79 Å². The van der Waals surface area contributed by atoms with E-state index in [4.69, 9.17) is 0 Å². The molecule has 114 valence electrons. The van der Waals surface area contributed by atoms with Crippen molar-refractivity contribution in [2.24, 2.45) is 5.41 Å². The SMILES string of the molecule is CCCCCC(O)C(C)(C(=O)O)C(O)CCCCC. The highest BCUT2D eigenvalue weighted by Gasteiger charge is 2.46. The molecule has 0 aromatic rings. The van der Waals surface area contributed by atoms with Crippen LogP contribution in [0.4, 0.5) is 0 Å². The lowest BCUT2D eigenvalue weighted by molar-refractivity contribution is -0.167. The number of carboxylic acid groups (broad SMARTS) is 1. The van der Waals surface area contributed by atoms with Crippen molar-refractivity contribution in [1.29, 1.82) is 0 Å². The maximum atomic E-state index is 11.4. The molecule has 2 unspecified atom stereocenters. The van der Waals surface area contributed by atoms with Gasteiger partial charge in [-0.1, -0.05) is 52.4 Å². The Morgan fingerprint density at radius 2 is 1.32 bits per heavy atom. The van der Waals surface area contributed by atoms with Gasteiger partial charge in [-0.05, 0) is 19.8 Å². The van der Waals surface area contributed by atoms with Crippen LogP contribution in [0.1, 0.15) is 72.1 Å². The van der Waals surface area contributed by atoms with Crippen LogP contribution in [0.15, 0.2) is 0 Å². The van der Waals surface area contributed by atoms with Gasteiger partial charge in [0, 0.05) is 0 Å². The quantitative estimate of drug-likeness (QED) is 0.506. The molecule has 4 nitrogen and oxygen atoms in total. The number of aliphatic hydroxyl groups is 2. The van der Waals surface area contributed by atoms with E-state index in [1.165, 1.54) is 6.92 Å². The molecule has 4 heteroatoms. The van der Waals surface area contributed by atoms with Crippen molar-refractivity contribution < 1.29 is 20.1 Å². The van der Waals surface area contributed by atoms with Gasteiger partial charge < -0.3 is 15.3 Å². The van der Waals surface area contributed by atoms with Gasteiger partial charge in [0.05, 0.1) is 12.2 Å². The number of aliphatic hydroxyl groups excluding tert-OH is 2. The fraction of sp³-hybridized carbons (Fsp3) is 0.933. The molecule has 0 aliphatic rings. The smallest absolute Gasteiger partial charge is 0.314 e. The maximum Gasteiger partial charge on any atom is 0.314 e. The number of hydrogen-bond donors (Lipinski definition) is 3. The minimum absolute atomic E-state index is 0.432. The van der Waals surface area contributed by atoms with Gasteiger partial charge >= 0.3 is 5.97 Å². The van der Waals surface area contributed by atoms with E-state index in [0.717, 1.165) is 38.5 Å². The van der Waals surface area contributed by atoms with Crippen molar-refractivity contribution in [3.8, 4) is 0 Å². The van der Waals surface area contributed by atoms with Crippen LogP contribution < -0.4 is 0 Å². The molecule has 0 aliphatic carbocycles. The summed E-state index contributed by atoms with van der Waals surface area (Å²) in [5, 5.41) is 29.7. The topological polar surface area (TPSA) is 77.8 Å². The first-order chi connectivity index (χ1) is 8.91. The summed E-state index contributed by atoms with van der Waals surface area (Å²) in [4.78, 5) is 11.4. The Morgan fingerprint density at radius 1 is 0.947 bits per heavy atom. The lowest BCUT2D eigenvalue weighted by Crippen LogP contribution is -2.49. The summed E-state index contributed by atoms with van der Waals surface area (Å²) < 4.78 is 0. The van der Waals surface area contributed by atoms with Gasteiger partial charge in [0.2, 0.25) is 0 Å². The van der Waals surface area contributed by atoms with Crippen molar-refractivity contribution >= 4 is 5.97 Å². The van der Waals surface area contributed by atoms with Crippen LogP contribution in [0.3, 0.4) is 0 Å². The molecule has 3 N–H and O–H groups in total. The Balaban J connectivity index is 4.58. The third-order valence-corrected chi connectivity index (χ3v) is 4.01. The zero-order chi connectivity index (χ0) is 14.9. The van der Waals surface area contributed by atoms with Gasteiger partial charge in [0.25, 0.3) is 0 Å². The van der Waals surface area contributed by atoms with E-state index in [0.29, 0.717) is 12.8 Å². The first-order valence-electron chi connectivity index (χ1n) is 7.50. The third-order valence-electron chi connectivity index (χ3n) is 4.01. The van der Waals surface area contributed by atoms with Crippen LogP contribution >= 0.6 is 0 Å². The largest absolute Gasteiger partial charge is 0.481 e. The highest BCUT2D eigenvalue weighted by Crippen LogP contribution is 2.32. The van der Waals surface area contributed by atoms with E-state index in [-0.39, 0.29) is 0 Å². The second kappa shape index (κ2) is 9.32. The Morgan fingerprint density at radius 3 is 1.58 bits per heavy atom. The van der Waals surface area contributed by atoms with E-state index >= 15 is 0 Å². The lowest BCUT2D eigenvalue weighted by atomic mass is 9.75.